The molecule has 3 aromatic heterocycles. The van der Waals surface area contributed by atoms with Crippen LogP contribution in [0.4, 0.5) is 0 Å². The third-order valence-corrected chi connectivity index (χ3v) is 4.16. The Kier molecular flexibility index (Phi) is 2.25. The molecule has 0 atom stereocenters. The van der Waals surface area contributed by atoms with Gasteiger partial charge in [0.1, 0.15) is 11.3 Å². The average molecular weight is 270 g/mol. The molecule has 0 amide bonds. The number of hydrogen-bond donors (Lipinski definition) is 1. The van der Waals surface area contributed by atoms with Gasteiger partial charge in [-0.25, -0.2) is 9.97 Å². The Morgan fingerprint density at radius 1 is 1.26 bits per heavy atom. The first-order valence-corrected chi connectivity index (χ1v) is 7.11. The molecule has 5 nitrogen and oxygen atoms in total. The van der Waals surface area contributed by atoms with Crippen LogP contribution in [0.3, 0.4) is 0 Å². The molecule has 6 heteroatoms. The Balaban J connectivity index is 1.92. The molecule has 0 radical (unpaired) electrons. The van der Waals surface area contributed by atoms with Crippen molar-refractivity contribution < 1.29 is 0 Å². The first kappa shape index (κ1) is 10.8. The van der Waals surface area contributed by atoms with Crippen molar-refractivity contribution in [2.24, 2.45) is 0 Å². The molecule has 4 rings (SSSR count). The third-order valence-electron chi connectivity index (χ3n) is 3.19. The summed E-state index contributed by atoms with van der Waals surface area (Å²) in [5.74, 6) is 2.11. The zero-order chi connectivity index (χ0) is 12.8. The van der Waals surface area contributed by atoms with E-state index >= 15 is 0 Å². The van der Waals surface area contributed by atoms with E-state index in [1.165, 1.54) is 0 Å². The maximum absolute atomic E-state index is 12.0. The molecule has 19 heavy (non-hydrogen) atoms. The number of hydrogen-bond acceptors (Lipinski definition) is 4. The molecule has 0 aromatic carbocycles. The van der Waals surface area contributed by atoms with Crippen LogP contribution >= 0.6 is 11.8 Å². The minimum absolute atomic E-state index is 0.0398. The standard InChI is InChI=1S/C13H10N4OS/c18-13-8-6-19-7-10(8)15-12(16-13)9-5-17-4-2-1-3-11(17)14-9/h1-5H,6-7H2,(H,15,16,18). The molecule has 0 spiro atoms. The lowest BCUT2D eigenvalue weighted by atomic mass is 10.2. The molecule has 0 aliphatic carbocycles. The van der Waals surface area contributed by atoms with Crippen LogP contribution in [0.25, 0.3) is 17.2 Å². The molecular formula is C13H10N4OS. The number of H-pyrrole nitrogens is 1. The summed E-state index contributed by atoms with van der Waals surface area (Å²) in [6.07, 6.45) is 3.80. The molecule has 3 aromatic rings. The zero-order valence-electron chi connectivity index (χ0n) is 9.96. The number of aromatic amines is 1. The summed E-state index contributed by atoms with van der Waals surface area (Å²) in [7, 11) is 0. The number of fused-ring (bicyclic) bond motifs is 2. The van der Waals surface area contributed by atoms with Crippen molar-refractivity contribution in [3.8, 4) is 11.5 Å². The smallest absolute Gasteiger partial charge is 0.255 e. The van der Waals surface area contributed by atoms with Crippen LogP contribution in [-0.2, 0) is 11.5 Å². The van der Waals surface area contributed by atoms with Crippen LogP contribution in [0.1, 0.15) is 11.3 Å². The van der Waals surface area contributed by atoms with Gasteiger partial charge in [-0.1, -0.05) is 6.07 Å². The summed E-state index contributed by atoms with van der Waals surface area (Å²) in [6, 6.07) is 5.79. The van der Waals surface area contributed by atoms with Crippen molar-refractivity contribution in [2.75, 3.05) is 0 Å². The van der Waals surface area contributed by atoms with Gasteiger partial charge in [0.05, 0.1) is 5.69 Å². The summed E-state index contributed by atoms with van der Waals surface area (Å²) < 4.78 is 1.91. The highest BCUT2D eigenvalue weighted by Crippen LogP contribution is 2.26. The van der Waals surface area contributed by atoms with Crippen molar-refractivity contribution in [3.05, 3.63) is 52.2 Å². The largest absolute Gasteiger partial charge is 0.306 e. The quantitative estimate of drug-likeness (QED) is 0.732. The molecule has 0 saturated carbocycles. The van der Waals surface area contributed by atoms with E-state index in [1.807, 2.05) is 35.0 Å². The van der Waals surface area contributed by atoms with Gasteiger partial charge in [0.15, 0.2) is 5.82 Å². The molecule has 1 aliphatic rings. The van der Waals surface area contributed by atoms with Crippen LogP contribution in [-0.4, -0.2) is 19.4 Å². The predicted molar refractivity (Wildman–Crippen MR) is 74.0 cm³/mol. The fourth-order valence-electron chi connectivity index (χ4n) is 2.23. The lowest BCUT2D eigenvalue weighted by Gasteiger charge is -1.99. The Morgan fingerprint density at radius 2 is 2.21 bits per heavy atom. The molecule has 0 saturated heterocycles. The first-order valence-electron chi connectivity index (χ1n) is 5.95. The molecule has 0 bridgehead atoms. The summed E-state index contributed by atoms with van der Waals surface area (Å²) in [5.41, 5.74) is 3.19. The normalized spacial score (nSPS) is 13.9. The number of thioether (sulfide) groups is 1. The van der Waals surface area contributed by atoms with Gasteiger partial charge in [0.25, 0.3) is 5.56 Å². The minimum Gasteiger partial charge on any atom is -0.306 e. The van der Waals surface area contributed by atoms with Crippen LogP contribution in [0.15, 0.2) is 35.4 Å². The Hall–Kier alpha value is -2.08. The van der Waals surface area contributed by atoms with E-state index in [-0.39, 0.29) is 5.56 Å². The lowest BCUT2D eigenvalue weighted by Crippen LogP contribution is -2.15. The average Bonchev–Trinajstić information content (AvgIpc) is 3.04. The molecule has 0 fully saturated rings. The van der Waals surface area contributed by atoms with Crippen LogP contribution < -0.4 is 5.56 Å². The molecule has 4 heterocycles. The van der Waals surface area contributed by atoms with E-state index in [9.17, 15) is 4.79 Å². The first-order chi connectivity index (χ1) is 9.31. The third kappa shape index (κ3) is 1.67. The van der Waals surface area contributed by atoms with Crippen LogP contribution in [0, 0.1) is 0 Å². The van der Waals surface area contributed by atoms with Crippen molar-refractivity contribution >= 4 is 17.4 Å². The van der Waals surface area contributed by atoms with Gasteiger partial charge < -0.3 is 9.38 Å². The van der Waals surface area contributed by atoms with Crippen molar-refractivity contribution in [3.63, 3.8) is 0 Å². The highest BCUT2D eigenvalue weighted by atomic mass is 32.2. The van der Waals surface area contributed by atoms with Crippen molar-refractivity contribution in [1.29, 1.82) is 0 Å². The van der Waals surface area contributed by atoms with Gasteiger partial charge in [0.2, 0.25) is 0 Å². The molecule has 1 aliphatic heterocycles. The monoisotopic (exact) mass is 270 g/mol. The number of aromatic nitrogens is 4. The fraction of sp³-hybridized carbons (Fsp3) is 0.154. The molecule has 1 N–H and O–H groups in total. The highest BCUT2D eigenvalue weighted by molar-refractivity contribution is 7.98. The van der Waals surface area contributed by atoms with E-state index in [0.29, 0.717) is 11.5 Å². The maximum Gasteiger partial charge on any atom is 0.255 e. The van der Waals surface area contributed by atoms with Gasteiger partial charge in [0, 0.05) is 29.5 Å². The second-order valence-corrected chi connectivity index (χ2v) is 5.41. The Labute approximate surface area is 112 Å². The number of pyridine rings is 1. The molecule has 0 unspecified atom stereocenters. The van der Waals surface area contributed by atoms with Crippen molar-refractivity contribution in [2.45, 2.75) is 11.5 Å². The molecule has 94 valence electrons. The number of rotatable bonds is 1. The summed E-state index contributed by atoms with van der Waals surface area (Å²) in [4.78, 5) is 23.8. The summed E-state index contributed by atoms with van der Waals surface area (Å²) in [5, 5.41) is 0. The number of nitrogens with one attached hydrogen (secondary N) is 1. The highest BCUT2D eigenvalue weighted by Gasteiger charge is 2.18. The second kappa shape index (κ2) is 3.96. The van der Waals surface area contributed by atoms with E-state index in [2.05, 4.69) is 15.0 Å². The summed E-state index contributed by atoms with van der Waals surface area (Å²) in [6.45, 7) is 0. The van der Waals surface area contributed by atoms with Gasteiger partial charge in [-0.3, -0.25) is 4.79 Å². The number of nitrogens with zero attached hydrogens (tertiary/aromatic N) is 3. The Bertz CT molecular complexity index is 803. The molecular weight excluding hydrogens is 260 g/mol. The van der Waals surface area contributed by atoms with E-state index in [0.717, 1.165) is 28.4 Å². The fourth-order valence-corrected chi connectivity index (χ4v) is 3.27. The predicted octanol–water partition coefficient (Wildman–Crippen LogP) is 1.83. The van der Waals surface area contributed by atoms with E-state index in [4.69, 9.17) is 0 Å². The van der Waals surface area contributed by atoms with Gasteiger partial charge in [-0.15, -0.1) is 0 Å². The van der Waals surface area contributed by atoms with Crippen LogP contribution in [0.5, 0.6) is 0 Å². The summed E-state index contributed by atoms with van der Waals surface area (Å²) >= 11 is 1.72. The topological polar surface area (TPSA) is 63.0 Å². The second-order valence-electron chi connectivity index (χ2n) is 4.42. The minimum atomic E-state index is -0.0398. The van der Waals surface area contributed by atoms with Crippen molar-refractivity contribution in [1.82, 2.24) is 19.4 Å². The number of imidazole rings is 1. The maximum atomic E-state index is 12.0. The van der Waals surface area contributed by atoms with Gasteiger partial charge >= 0.3 is 0 Å². The zero-order valence-corrected chi connectivity index (χ0v) is 10.8. The van der Waals surface area contributed by atoms with Gasteiger partial charge in [-0.05, 0) is 12.1 Å². The SMILES string of the molecule is O=c1[nH]c(-c2cn3ccccc3n2)nc2c1CSC2. The van der Waals surface area contributed by atoms with E-state index < -0.39 is 0 Å². The van der Waals surface area contributed by atoms with Crippen LogP contribution in [0.2, 0.25) is 0 Å². The van der Waals surface area contributed by atoms with Gasteiger partial charge in [-0.2, -0.15) is 11.8 Å². The lowest BCUT2D eigenvalue weighted by molar-refractivity contribution is 1.03. The Morgan fingerprint density at radius 3 is 3.11 bits per heavy atom. The van der Waals surface area contributed by atoms with E-state index in [1.54, 1.807) is 11.8 Å².